The van der Waals surface area contributed by atoms with Crippen LogP contribution < -0.4 is 5.32 Å². The summed E-state index contributed by atoms with van der Waals surface area (Å²) in [5.41, 5.74) is 0.610. The van der Waals surface area contributed by atoms with Crippen molar-refractivity contribution in [2.24, 2.45) is 0 Å². The number of rotatable bonds is 2. The Bertz CT molecular complexity index is 369. The zero-order valence-corrected chi connectivity index (χ0v) is 11.3. The molecule has 1 fully saturated rings. The number of nitrogens with zero attached hydrogens (tertiary/aromatic N) is 1. The maximum Gasteiger partial charge on any atom is 0.257 e. The summed E-state index contributed by atoms with van der Waals surface area (Å²) in [5, 5.41) is 3.18. The number of likely N-dealkylation sites (tertiary alicyclic amines) is 1. The number of nitrogens with one attached hydrogen (secondary N) is 1. The first kappa shape index (κ1) is 13.5. The minimum atomic E-state index is 0. The van der Waals surface area contributed by atoms with E-state index in [2.05, 4.69) is 21.2 Å². The SMILES string of the molecule is CNC1CCN(C(=O)c2coc(Br)c2)C1.Cl. The fraction of sp³-hybridized carbons (Fsp3) is 0.500. The summed E-state index contributed by atoms with van der Waals surface area (Å²) in [6.07, 6.45) is 2.50. The molecule has 0 bridgehead atoms. The van der Waals surface area contributed by atoms with Crippen molar-refractivity contribution in [2.75, 3.05) is 20.1 Å². The van der Waals surface area contributed by atoms with Gasteiger partial charge in [0.2, 0.25) is 0 Å². The summed E-state index contributed by atoms with van der Waals surface area (Å²) in [4.78, 5) is 13.8. The fourth-order valence-electron chi connectivity index (χ4n) is 1.79. The normalized spacial score (nSPS) is 19.6. The van der Waals surface area contributed by atoms with Crippen LogP contribution in [0.5, 0.6) is 0 Å². The standard InChI is InChI=1S/C10H13BrN2O2.ClH/c1-12-8-2-3-13(5-8)10(14)7-4-9(11)15-6-7;/h4,6,8,12H,2-3,5H2,1H3;1H. The van der Waals surface area contributed by atoms with Crippen molar-refractivity contribution < 1.29 is 9.21 Å². The van der Waals surface area contributed by atoms with Crippen LogP contribution in [0.15, 0.2) is 21.4 Å². The number of furan rings is 1. The van der Waals surface area contributed by atoms with Crippen molar-refractivity contribution >= 4 is 34.2 Å². The molecule has 1 amide bonds. The average Bonchev–Trinajstić information content (AvgIpc) is 2.84. The van der Waals surface area contributed by atoms with Crippen LogP contribution in [0.4, 0.5) is 0 Å². The summed E-state index contributed by atoms with van der Waals surface area (Å²) < 4.78 is 5.64. The van der Waals surface area contributed by atoms with Crippen molar-refractivity contribution in [3.63, 3.8) is 0 Å². The highest BCUT2D eigenvalue weighted by atomic mass is 79.9. The van der Waals surface area contributed by atoms with Crippen molar-refractivity contribution in [1.82, 2.24) is 10.2 Å². The fourth-order valence-corrected chi connectivity index (χ4v) is 2.13. The molecule has 1 N–H and O–H groups in total. The molecule has 6 heteroatoms. The molecule has 0 aliphatic carbocycles. The Kier molecular flexibility index (Phi) is 4.83. The van der Waals surface area contributed by atoms with E-state index in [1.807, 2.05) is 11.9 Å². The van der Waals surface area contributed by atoms with Gasteiger partial charge >= 0.3 is 0 Å². The minimum absolute atomic E-state index is 0. The van der Waals surface area contributed by atoms with Crippen LogP contribution in [0.2, 0.25) is 0 Å². The molecular formula is C10H14BrClN2O2. The molecule has 1 aromatic rings. The zero-order valence-electron chi connectivity index (χ0n) is 8.90. The minimum Gasteiger partial charge on any atom is -0.457 e. The van der Waals surface area contributed by atoms with Crippen molar-refractivity contribution in [1.29, 1.82) is 0 Å². The molecule has 16 heavy (non-hydrogen) atoms. The number of amides is 1. The lowest BCUT2D eigenvalue weighted by atomic mass is 10.3. The lowest BCUT2D eigenvalue weighted by molar-refractivity contribution is 0.0789. The van der Waals surface area contributed by atoms with Crippen LogP contribution in [0, 0.1) is 0 Å². The lowest BCUT2D eigenvalue weighted by Crippen LogP contribution is -2.33. The van der Waals surface area contributed by atoms with E-state index in [1.165, 1.54) is 6.26 Å². The molecule has 0 radical (unpaired) electrons. The molecule has 0 saturated carbocycles. The largest absolute Gasteiger partial charge is 0.457 e. The van der Waals surface area contributed by atoms with E-state index in [1.54, 1.807) is 6.07 Å². The maximum absolute atomic E-state index is 11.9. The second-order valence-corrected chi connectivity index (χ2v) is 4.45. The Balaban J connectivity index is 0.00000128. The molecule has 0 aromatic carbocycles. The quantitative estimate of drug-likeness (QED) is 0.907. The molecule has 0 spiro atoms. The number of carbonyl (C=O) groups is 1. The van der Waals surface area contributed by atoms with E-state index in [-0.39, 0.29) is 18.3 Å². The Morgan fingerprint density at radius 1 is 1.69 bits per heavy atom. The lowest BCUT2D eigenvalue weighted by Gasteiger charge is -2.14. The van der Waals surface area contributed by atoms with Crippen LogP contribution in [0.1, 0.15) is 16.8 Å². The van der Waals surface area contributed by atoms with Crippen LogP contribution in [-0.4, -0.2) is 37.0 Å². The van der Waals surface area contributed by atoms with Gasteiger partial charge in [-0.1, -0.05) is 0 Å². The first-order chi connectivity index (χ1) is 7.20. The Hall–Kier alpha value is -0.520. The second kappa shape index (κ2) is 5.70. The number of carbonyl (C=O) groups excluding carboxylic acids is 1. The van der Waals surface area contributed by atoms with E-state index >= 15 is 0 Å². The Labute approximate surface area is 109 Å². The molecule has 1 aliphatic rings. The third-order valence-corrected chi connectivity index (χ3v) is 3.11. The van der Waals surface area contributed by atoms with Crippen LogP contribution in [0.25, 0.3) is 0 Å². The molecule has 1 aromatic heterocycles. The van der Waals surface area contributed by atoms with Crippen LogP contribution in [0.3, 0.4) is 0 Å². The second-order valence-electron chi connectivity index (χ2n) is 3.66. The Morgan fingerprint density at radius 2 is 2.44 bits per heavy atom. The predicted octanol–water partition coefficient (Wildman–Crippen LogP) is 1.90. The van der Waals surface area contributed by atoms with E-state index in [4.69, 9.17) is 4.42 Å². The van der Waals surface area contributed by atoms with E-state index in [0.29, 0.717) is 16.3 Å². The molecule has 1 atom stereocenters. The summed E-state index contributed by atoms with van der Waals surface area (Å²) in [5.74, 6) is 0.0437. The van der Waals surface area contributed by atoms with Gasteiger partial charge in [-0.05, 0) is 29.4 Å². The van der Waals surface area contributed by atoms with Crippen LogP contribution in [-0.2, 0) is 0 Å². The number of likely N-dealkylation sites (N-methyl/N-ethyl adjacent to an activating group) is 1. The van der Waals surface area contributed by atoms with Gasteiger partial charge in [-0.15, -0.1) is 12.4 Å². The monoisotopic (exact) mass is 308 g/mol. The van der Waals surface area contributed by atoms with Gasteiger partial charge in [-0.3, -0.25) is 4.79 Å². The van der Waals surface area contributed by atoms with E-state index in [9.17, 15) is 4.79 Å². The molecule has 1 aliphatic heterocycles. The Morgan fingerprint density at radius 3 is 2.94 bits per heavy atom. The van der Waals surface area contributed by atoms with E-state index < -0.39 is 0 Å². The molecular weight excluding hydrogens is 295 g/mol. The summed E-state index contributed by atoms with van der Waals surface area (Å²) in [6.45, 7) is 1.59. The predicted molar refractivity (Wildman–Crippen MR) is 67.0 cm³/mol. The van der Waals surface area contributed by atoms with E-state index in [0.717, 1.165) is 19.5 Å². The molecule has 1 unspecified atom stereocenters. The number of hydrogen-bond donors (Lipinski definition) is 1. The summed E-state index contributed by atoms with van der Waals surface area (Å²) >= 11 is 3.18. The van der Waals surface area contributed by atoms with Gasteiger partial charge in [0.1, 0.15) is 6.26 Å². The number of halogens is 2. The van der Waals surface area contributed by atoms with Crippen LogP contribution >= 0.6 is 28.3 Å². The highest BCUT2D eigenvalue weighted by Crippen LogP contribution is 2.18. The first-order valence-electron chi connectivity index (χ1n) is 4.91. The summed E-state index contributed by atoms with van der Waals surface area (Å²) in [7, 11) is 1.92. The third kappa shape index (κ3) is 2.78. The van der Waals surface area contributed by atoms with Gasteiger partial charge in [0.05, 0.1) is 5.56 Å². The highest BCUT2D eigenvalue weighted by molar-refractivity contribution is 9.10. The van der Waals surface area contributed by atoms with Gasteiger partial charge in [0.15, 0.2) is 4.67 Å². The first-order valence-corrected chi connectivity index (χ1v) is 5.70. The maximum atomic E-state index is 11.9. The highest BCUT2D eigenvalue weighted by Gasteiger charge is 2.26. The molecule has 2 rings (SSSR count). The topological polar surface area (TPSA) is 45.5 Å². The molecule has 90 valence electrons. The molecule has 1 saturated heterocycles. The van der Waals surface area contributed by atoms with Crippen molar-refractivity contribution in [2.45, 2.75) is 12.5 Å². The molecule has 2 heterocycles. The molecule has 4 nitrogen and oxygen atoms in total. The van der Waals surface area contributed by atoms with Gasteiger partial charge in [-0.2, -0.15) is 0 Å². The third-order valence-electron chi connectivity index (χ3n) is 2.70. The smallest absolute Gasteiger partial charge is 0.257 e. The van der Waals surface area contributed by atoms with Gasteiger partial charge in [0, 0.05) is 25.2 Å². The van der Waals surface area contributed by atoms with Crippen molar-refractivity contribution in [3.05, 3.63) is 22.6 Å². The summed E-state index contributed by atoms with van der Waals surface area (Å²) in [6, 6.07) is 2.12. The van der Waals surface area contributed by atoms with Gasteiger partial charge in [-0.25, -0.2) is 0 Å². The van der Waals surface area contributed by atoms with Crippen molar-refractivity contribution in [3.8, 4) is 0 Å². The van der Waals surface area contributed by atoms with Gasteiger partial charge < -0.3 is 14.6 Å². The van der Waals surface area contributed by atoms with Gasteiger partial charge in [0.25, 0.3) is 5.91 Å². The number of hydrogen-bond acceptors (Lipinski definition) is 3. The zero-order chi connectivity index (χ0) is 10.8. The average molecular weight is 310 g/mol.